The van der Waals surface area contributed by atoms with Crippen LogP contribution in [0.25, 0.3) is 21.7 Å². The number of likely N-dealkylation sites (N-methyl/N-ethyl adjacent to an activating group) is 1. The molecule has 4 aromatic rings. The second-order valence-corrected chi connectivity index (χ2v) is 11.4. The van der Waals surface area contributed by atoms with Crippen molar-refractivity contribution in [3.8, 4) is 5.75 Å². The van der Waals surface area contributed by atoms with Crippen LogP contribution >= 0.6 is 0 Å². The fraction of sp³-hybridized carbons (Fsp3) is 0.400. The number of aromatic nitrogens is 1. The number of benzene rings is 3. The predicted octanol–water partition coefficient (Wildman–Crippen LogP) is 5.83. The van der Waals surface area contributed by atoms with E-state index in [9.17, 15) is 0 Å². The molecule has 2 bridgehead atoms. The molecule has 2 aliphatic heterocycles. The molecule has 3 aromatic carbocycles. The van der Waals surface area contributed by atoms with Gasteiger partial charge in [0, 0.05) is 34.8 Å². The zero-order valence-electron chi connectivity index (χ0n) is 19.9. The van der Waals surface area contributed by atoms with Gasteiger partial charge in [0.05, 0.1) is 16.6 Å². The van der Waals surface area contributed by atoms with E-state index in [0.717, 1.165) is 19.4 Å². The van der Waals surface area contributed by atoms with Crippen molar-refractivity contribution in [1.82, 2.24) is 9.47 Å². The first-order valence-electron chi connectivity index (χ1n) is 12.4. The van der Waals surface area contributed by atoms with Gasteiger partial charge in [0.2, 0.25) is 0 Å². The fourth-order valence-corrected chi connectivity index (χ4v) is 8.67. The Morgan fingerprint density at radius 3 is 2.73 bits per heavy atom. The Labute approximate surface area is 195 Å². The Hall–Kier alpha value is -2.78. The van der Waals surface area contributed by atoms with Crippen LogP contribution < -0.4 is 4.74 Å². The molecule has 3 heteroatoms. The van der Waals surface area contributed by atoms with E-state index in [-0.39, 0.29) is 16.9 Å². The topological polar surface area (TPSA) is 17.4 Å². The molecule has 3 nitrogen and oxygen atoms in total. The lowest BCUT2D eigenvalue weighted by atomic mass is 9.44. The molecule has 4 aliphatic rings. The number of fused-ring (bicyclic) bond motifs is 6. The van der Waals surface area contributed by atoms with Gasteiger partial charge >= 0.3 is 0 Å². The fourth-order valence-electron chi connectivity index (χ4n) is 8.67. The van der Waals surface area contributed by atoms with E-state index < -0.39 is 0 Å². The Kier molecular flexibility index (Phi) is 3.18. The van der Waals surface area contributed by atoms with Crippen LogP contribution in [0.4, 0.5) is 0 Å². The van der Waals surface area contributed by atoms with Crippen LogP contribution in [0.3, 0.4) is 0 Å². The standard InChI is InChI=1S/C30H30N2O/c1-17-9-10-19-15-23-29(2)16-22-21-12-11-18-7-5-6-8-20(18)25(21)32(4)26(22)28-30(29,13-14-31(23)3)24(19)27(17)33-28/h5-12,23,28H,13-16H2,1-4H3/t23-,28+,29+,30+/m1/s1. The molecule has 33 heavy (non-hydrogen) atoms. The molecule has 1 fully saturated rings. The van der Waals surface area contributed by atoms with Crippen molar-refractivity contribution in [2.24, 2.45) is 12.5 Å². The van der Waals surface area contributed by atoms with Crippen LogP contribution in [0.15, 0.2) is 48.5 Å². The zero-order chi connectivity index (χ0) is 22.3. The van der Waals surface area contributed by atoms with Gasteiger partial charge in [0.1, 0.15) is 11.9 Å². The molecular weight excluding hydrogens is 404 g/mol. The third-order valence-electron chi connectivity index (χ3n) is 10.2. The van der Waals surface area contributed by atoms with Crippen molar-refractivity contribution >= 4 is 21.7 Å². The van der Waals surface area contributed by atoms with Crippen molar-refractivity contribution in [2.45, 2.75) is 50.7 Å². The highest BCUT2D eigenvalue weighted by Gasteiger charge is 2.70. The molecule has 1 saturated heterocycles. The maximum absolute atomic E-state index is 7.12. The minimum atomic E-state index is 0.0596. The number of hydrogen-bond acceptors (Lipinski definition) is 2. The largest absolute Gasteiger partial charge is 0.483 e. The molecule has 0 radical (unpaired) electrons. The molecule has 0 N–H and O–H groups in total. The molecule has 166 valence electrons. The van der Waals surface area contributed by atoms with E-state index in [1.165, 1.54) is 56.2 Å². The zero-order valence-corrected chi connectivity index (χ0v) is 19.9. The summed E-state index contributed by atoms with van der Waals surface area (Å²) < 4.78 is 9.61. The highest BCUT2D eigenvalue weighted by atomic mass is 16.5. The molecule has 2 aliphatic carbocycles. The smallest absolute Gasteiger partial charge is 0.149 e. The van der Waals surface area contributed by atoms with Gasteiger partial charge in [-0.1, -0.05) is 55.5 Å². The van der Waals surface area contributed by atoms with Crippen molar-refractivity contribution in [3.05, 3.63) is 76.5 Å². The molecule has 0 amide bonds. The van der Waals surface area contributed by atoms with Crippen LogP contribution in [-0.4, -0.2) is 29.1 Å². The van der Waals surface area contributed by atoms with Crippen LogP contribution in [0.1, 0.15) is 47.4 Å². The van der Waals surface area contributed by atoms with E-state index in [2.05, 4.69) is 85.9 Å². The quantitative estimate of drug-likeness (QED) is 0.346. The maximum atomic E-state index is 7.12. The summed E-state index contributed by atoms with van der Waals surface area (Å²) in [5, 5.41) is 4.09. The van der Waals surface area contributed by atoms with Crippen LogP contribution in [0, 0.1) is 12.3 Å². The Bertz CT molecular complexity index is 1530. The Morgan fingerprint density at radius 1 is 1.00 bits per heavy atom. The lowest BCUT2D eigenvalue weighted by Gasteiger charge is -2.64. The number of hydrogen-bond donors (Lipinski definition) is 0. The van der Waals surface area contributed by atoms with E-state index in [4.69, 9.17) is 4.74 Å². The molecule has 8 rings (SSSR count). The third-order valence-corrected chi connectivity index (χ3v) is 10.2. The van der Waals surface area contributed by atoms with Gasteiger partial charge in [-0.15, -0.1) is 0 Å². The van der Waals surface area contributed by atoms with E-state index in [1.54, 1.807) is 5.56 Å². The molecule has 0 unspecified atom stereocenters. The van der Waals surface area contributed by atoms with Crippen molar-refractivity contribution < 1.29 is 4.74 Å². The molecular formula is C30H30N2O. The highest BCUT2D eigenvalue weighted by Crippen LogP contribution is 2.71. The van der Waals surface area contributed by atoms with Gasteiger partial charge in [0.15, 0.2) is 0 Å². The molecule has 1 aromatic heterocycles. The summed E-state index contributed by atoms with van der Waals surface area (Å²) in [7, 11) is 4.63. The minimum Gasteiger partial charge on any atom is -0.483 e. The van der Waals surface area contributed by atoms with Crippen molar-refractivity contribution in [1.29, 1.82) is 0 Å². The lowest BCUT2D eigenvalue weighted by Crippen LogP contribution is -2.68. The van der Waals surface area contributed by atoms with E-state index in [1.807, 2.05) is 0 Å². The van der Waals surface area contributed by atoms with Gasteiger partial charge < -0.3 is 14.2 Å². The Morgan fingerprint density at radius 2 is 1.85 bits per heavy atom. The second-order valence-electron chi connectivity index (χ2n) is 11.4. The summed E-state index contributed by atoms with van der Waals surface area (Å²) in [6, 6.07) is 18.8. The molecule has 4 atom stereocenters. The number of likely N-dealkylation sites (tertiary alicyclic amines) is 1. The average molecular weight is 435 g/mol. The second kappa shape index (κ2) is 5.64. The predicted molar refractivity (Wildman–Crippen MR) is 133 cm³/mol. The summed E-state index contributed by atoms with van der Waals surface area (Å²) in [6.07, 6.45) is 3.52. The molecule has 0 saturated carbocycles. The molecule has 1 spiro atoms. The van der Waals surface area contributed by atoms with Crippen LogP contribution in [-0.2, 0) is 25.3 Å². The summed E-state index contributed by atoms with van der Waals surface area (Å²) in [4.78, 5) is 2.65. The lowest BCUT2D eigenvalue weighted by molar-refractivity contribution is -0.0912. The first kappa shape index (κ1) is 18.6. The number of nitrogens with zero attached hydrogens (tertiary/aromatic N) is 2. The minimum absolute atomic E-state index is 0.0596. The maximum Gasteiger partial charge on any atom is 0.149 e. The Balaban J connectivity index is 1.52. The first-order chi connectivity index (χ1) is 16.0. The van der Waals surface area contributed by atoms with Gasteiger partial charge in [-0.05, 0) is 61.9 Å². The van der Waals surface area contributed by atoms with Gasteiger partial charge in [-0.3, -0.25) is 0 Å². The van der Waals surface area contributed by atoms with Crippen LogP contribution in [0.2, 0.25) is 0 Å². The summed E-state index contributed by atoms with van der Waals surface area (Å²) >= 11 is 0. The van der Waals surface area contributed by atoms with E-state index in [0.29, 0.717) is 6.04 Å². The summed E-state index contributed by atoms with van der Waals surface area (Å²) in [5.74, 6) is 1.19. The van der Waals surface area contributed by atoms with E-state index >= 15 is 0 Å². The first-order valence-corrected chi connectivity index (χ1v) is 12.4. The number of piperidine rings is 1. The molecule has 3 heterocycles. The van der Waals surface area contributed by atoms with Crippen molar-refractivity contribution in [3.63, 3.8) is 0 Å². The SMILES string of the molecule is Cc1ccc2c3c1O[C@H]1c4c(c5ccc6ccccc6c5n4C)C[C@@]4(C)[C@@H](C2)N(C)CC[C@]314. The third kappa shape index (κ3) is 1.85. The normalized spacial score (nSPS) is 31.5. The monoisotopic (exact) mass is 434 g/mol. The van der Waals surface area contributed by atoms with Crippen LogP contribution in [0.5, 0.6) is 5.75 Å². The van der Waals surface area contributed by atoms with Gasteiger partial charge in [-0.2, -0.15) is 0 Å². The van der Waals surface area contributed by atoms with Crippen molar-refractivity contribution in [2.75, 3.05) is 13.6 Å². The summed E-state index contributed by atoms with van der Waals surface area (Å²) in [6.45, 7) is 5.97. The van der Waals surface area contributed by atoms with Gasteiger partial charge in [0.25, 0.3) is 0 Å². The average Bonchev–Trinajstić information content (AvgIpc) is 3.30. The number of aryl methyl sites for hydroxylation is 2. The number of rotatable bonds is 0. The highest BCUT2D eigenvalue weighted by molar-refractivity contribution is 6.08. The summed E-state index contributed by atoms with van der Waals surface area (Å²) in [5.41, 5.74) is 8.91. The van der Waals surface area contributed by atoms with Gasteiger partial charge in [-0.25, -0.2) is 0 Å². The number of ether oxygens (including phenoxy) is 1.